The molecule has 0 bridgehead atoms. The Morgan fingerprint density at radius 1 is 1.33 bits per heavy atom. The number of nitrogens with zero attached hydrogens (tertiary/aromatic N) is 3. The Balaban J connectivity index is 2.27. The molecule has 2 aromatic rings. The van der Waals surface area contributed by atoms with Crippen LogP contribution in [0.1, 0.15) is 23.6 Å². The van der Waals surface area contributed by atoms with Crippen LogP contribution < -0.4 is 5.32 Å². The number of nitrogens with one attached hydrogen (secondary N) is 1. The molecule has 0 aliphatic carbocycles. The highest BCUT2D eigenvalue weighted by molar-refractivity contribution is 5.68. The molecule has 0 aliphatic heterocycles. The molecule has 0 amide bonds. The van der Waals surface area contributed by atoms with Gasteiger partial charge in [0.1, 0.15) is 5.82 Å². The number of halogens is 1. The third kappa shape index (κ3) is 3.60. The van der Waals surface area contributed by atoms with E-state index < -0.39 is 11.7 Å². The molecular formula is C15H12FN4O. The molecule has 1 atom stereocenters. The lowest BCUT2D eigenvalue weighted by Gasteiger charge is -2.11. The highest BCUT2D eigenvalue weighted by Crippen LogP contribution is 2.23. The zero-order valence-electron chi connectivity index (χ0n) is 11.1. The standard InChI is InChI=1S/C15H12FN4O/c16-13-5-2-1-4-11(13)12(10-21)14-6-9-19-15(20-14)18-8-3-7-17/h1-2,4-6,9,12H,3,8H2,(H,18,19,20). The Morgan fingerprint density at radius 3 is 2.86 bits per heavy atom. The normalized spacial score (nSPS) is 11.4. The van der Waals surface area contributed by atoms with Gasteiger partial charge in [-0.1, -0.05) is 18.2 Å². The highest BCUT2D eigenvalue weighted by Gasteiger charge is 2.19. The van der Waals surface area contributed by atoms with Gasteiger partial charge in [0.05, 0.1) is 24.1 Å². The predicted octanol–water partition coefficient (Wildman–Crippen LogP) is 2.18. The summed E-state index contributed by atoms with van der Waals surface area (Å²) in [6, 6.07) is 9.54. The van der Waals surface area contributed by atoms with Crippen LogP contribution in [0.2, 0.25) is 0 Å². The molecule has 1 aromatic carbocycles. The second-order valence-corrected chi connectivity index (χ2v) is 4.21. The van der Waals surface area contributed by atoms with Crippen molar-refractivity contribution in [2.75, 3.05) is 11.9 Å². The number of rotatable bonds is 6. The zero-order valence-corrected chi connectivity index (χ0v) is 11.1. The van der Waals surface area contributed by atoms with Crippen molar-refractivity contribution in [3.05, 3.63) is 53.6 Å². The molecule has 1 aromatic heterocycles. The first-order chi connectivity index (χ1) is 10.3. The molecule has 0 fully saturated rings. The van der Waals surface area contributed by atoms with Gasteiger partial charge in [0.15, 0.2) is 0 Å². The second-order valence-electron chi connectivity index (χ2n) is 4.21. The van der Waals surface area contributed by atoms with E-state index in [9.17, 15) is 9.18 Å². The maximum atomic E-state index is 13.8. The summed E-state index contributed by atoms with van der Waals surface area (Å²) in [5.41, 5.74) is 0.568. The van der Waals surface area contributed by atoms with Gasteiger partial charge in [0, 0.05) is 18.3 Å². The third-order valence-electron chi connectivity index (χ3n) is 2.83. The molecular weight excluding hydrogens is 271 g/mol. The quantitative estimate of drug-likeness (QED) is 0.822. The van der Waals surface area contributed by atoms with Crippen molar-refractivity contribution in [2.24, 2.45) is 0 Å². The second kappa shape index (κ2) is 7.10. The summed E-state index contributed by atoms with van der Waals surface area (Å²) in [6.45, 7) is 0.398. The predicted molar refractivity (Wildman–Crippen MR) is 74.7 cm³/mol. The summed E-state index contributed by atoms with van der Waals surface area (Å²) in [6.07, 6.45) is 3.59. The lowest BCUT2D eigenvalue weighted by molar-refractivity contribution is 0.542. The van der Waals surface area contributed by atoms with Crippen molar-refractivity contribution in [1.82, 2.24) is 9.97 Å². The van der Waals surface area contributed by atoms with E-state index in [0.29, 0.717) is 24.6 Å². The summed E-state index contributed by atoms with van der Waals surface area (Å²) in [5, 5.41) is 11.3. The monoisotopic (exact) mass is 283 g/mol. The van der Waals surface area contributed by atoms with Crippen LogP contribution in [0.15, 0.2) is 36.5 Å². The number of hydrogen-bond acceptors (Lipinski definition) is 5. The Morgan fingerprint density at radius 2 is 2.14 bits per heavy atom. The lowest BCUT2D eigenvalue weighted by atomic mass is 9.96. The average molecular weight is 283 g/mol. The number of anilines is 1. The molecule has 1 unspecified atom stereocenters. The molecule has 0 aliphatic rings. The minimum absolute atomic E-state index is 0.217. The van der Waals surface area contributed by atoms with E-state index in [-0.39, 0.29) is 5.56 Å². The maximum Gasteiger partial charge on any atom is 0.222 e. The van der Waals surface area contributed by atoms with Gasteiger partial charge in [-0.3, -0.25) is 4.79 Å². The minimum atomic E-state index is -0.911. The summed E-state index contributed by atoms with van der Waals surface area (Å²) in [7, 11) is 0. The van der Waals surface area contributed by atoms with Crippen molar-refractivity contribution in [1.29, 1.82) is 5.26 Å². The van der Waals surface area contributed by atoms with Crippen molar-refractivity contribution in [3.63, 3.8) is 0 Å². The van der Waals surface area contributed by atoms with E-state index in [1.165, 1.54) is 24.4 Å². The molecule has 21 heavy (non-hydrogen) atoms. The van der Waals surface area contributed by atoms with Crippen molar-refractivity contribution in [3.8, 4) is 6.07 Å². The Labute approximate surface area is 121 Å². The molecule has 0 saturated heterocycles. The number of hydrogen-bond donors (Lipinski definition) is 1. The molecule has 0 saturated carbocycles. The van der Waals surface area contributed by atoms with E-state index >= 15 is 0 Å². The number of benzene rings is 1. The van der Waals surface area contributed by atoms with Crippen molar-refractivity contribution >= 4 is 12.2 Å². The molecule has 1 N–H and O–H groups in total. The maximum absolute atomic E-state index is 13.8. The summed E-state index contributed by atoms with van der Waals surface area (Å²) in [5.74, 6) is -1.10. The SMILES string of the molecule is N#CCCNc1nccc(C([C]=O)c2ccccc2F)n1. The van der Waals surface area contributed by atoms with Gasteiger partial charge in [-0.2, -0.15) is 5.26 Å². The first-order valence-electron chi connectivity index (χ1n) is 6.32. The molecule has 0 spiro atoms. The highest BCUT2D eigenvalue weighted by atomic mass is 19.1. The van der Waals surface area contributed by atoms with Crippen LogP contribution >= 0.6 is 0 Å². The van der Waals surface area contributed by atoms with Crippen molar-refractivity contribution < 1.29 is 9.18 Å². The first kappa shape index (κ1) is 14.6. The number of aromatic nitrogens is 2. The van der Waals surface area contributed by atoms with E-state index in [1.54, 1.807) is 12.1 Å². The van der Waals surface area contributed by atoms with E-state index in [2.05, 4.69) is 15.3 Å². The third-order valence-corrected chi connectivity index (χ3v) is 2.83. The van der Waals surface area contributed by atoms with Crippen LogP contribution in [-0.2, 0) is 4.79 Å². The van der Waals surface area contributed by atoms with Gasteiger partial charge in [0.25, 0.3) is 0 Å². The van der Waals surface area contributed by atoms with Crippen LogP contribution in [0.3, 0.4) is 0 Å². The smallest absolute Gasteiger partial charge is 0.222 e. The van der Waals surface area contributed by atoms with Gasteiger partial charge in [-0.25, -0.2) is 14.4 Å². The minimum Gasteiger partial charge on any atom is -0.353 e. The molecule has 2 rings (SSSR count). The van der Waals surface area contributed by atoms with Crippen LogP contribution in [0.4, 0.5) is 10.3 Å². The molecule has 5 nitrogen and oxygen atoms in total. The molecule has 1 heterocycles. The van der Waals surface area contributed by atoms with Gasteiger partial charge in [-0.05, 0) is 12.1 Å². The number of nitriles is 1. The summed E-state index contributed by atoms with van der Waals surface area (Å²) < 4.78 is 13.8. The van der Waals surface area contributed by atoms with Crippen LogP contribution in [-0.4, -0.2) is 22.8 Å². The first-order valence-corrected chi connectivity index (χ1v) is 6.32. The van der Waals surface area contributed by atoms with Crippen molar-refractivity contribution in [2.45, 2.75) is 12.3 Å². The van der Waals surface area contributed by atoms with Gasteiger partial charge in [-0.15, -0.1) is 0 Å². The fourth-order valence-electron chi connectivity index (χ4n) is 1.84. The largest absolute Gasteiger partial charge is 0.353 e. The number of carbonyl (C=O) groups excluding carboxylic acids is 1. The fourth-order valence-corrected chi connectivity index (χ4v) is 1.84. The van der Waals surface area contributed by atoms with Crippen LogP contribution in [0.5, 0.6) is 0 Å². The zero-order chi connectivity index (χ0) is 15.1. The Hall–Kier alpha value is -2.81. The van der Waals surface area contributed by atoms with E-state index in [4.69, 9.17) is 5.26 Å². The van der Waals surface area contributed by atoms with Crippen LogP contribution in [0.25, 0.3) is 0 Å². The average Bonchev–Trinajstić information content (AvgIpc) is 2.51. The molecule has 6 heteroatoms. The van der Waals surface area contributed by atoms with Gasteiger partial charge in [0.2, 0.25) is 12.2 Å². The molecule has 1 radical (unpaired) electrons. The summed E-state index contributed by atoms with van der Waals surface area (Å²) in [4.78, 5) is 19.4. The lowest BCUT2D eigenvalue weighted by Crippen LogP contribution is -2.11. The molecule has 105 valence electrons. The fraction of sp³-hybridized carbons (Fsp3) is 0.200. The topological polar surface area (TPSA) is 78.7 Å². The van der Waals surface area contributed by atoms with E-state index in [1.807, 2.05) is 12.4 Å². The van der Waals surface area contributed by atoms with Gasteiger partial charge >= 0.3 is 0 Å². The summed E-state index contributed by atoms with van der Waals surface area (Å²) >= 11 is 0. The van der Waals surface area contributed by atoms with Gasteiger partial charge < -0.3 is 5.32 Å². The van der Waals surface area contributed by atoms with Crippen LogP contribution in [0, 0.1) is 17.1 Å². The van der Waals surface area contributed by atoms with E-state index in [0.717, 1.165) is 0 Å². The Kier molecular flexibility index (Phi) is 4.94. The Bertz CT molecular complexity index is 669.